The third-order valence-electron chi connectivity index (χ3n) is 4.80. The highest BCUT2D eigenvalue weighted by atomic mass is 32.2. The van der Waals surface area contributed by atoms with Crippen LogP contribution in [0.1, 0.15) is 51.0 Å². The number of hydrogen-bond donors (Lipinski definition) is 1. The van der Waals surface area contributed by atoms with E-state index in [1.165, 1.54) is 5.56 Å². The Hall–Kier alpha value is -0.870. The van der Waals surface area contributed by atoms with Crippen LogP contribution in [0.4, 0.5) is 0 Å². The lowest BCUT2D eigenvalue weighted by Gasteiger charge is -2.34. The Kier molecular flexibility index (Phi) is 5.44. The topological polar surface area (TPSA) is 60.2 Å². The van der Waals surface area contributed by atoms with Crippen LogP contribution < -0.4 is 5.73 Å². The highest BCUT2D eigenvalue weighted by molar-refractivity contribution is 7.91. The molecule has 3 nitrogen and oxygen atoms in total. The van der Waals surface area contributed by atoms with Crippen molar-refractivity contribution in [2.75, 3.05) is 5.75 Å². The van der Waals surface area contributed by atoms with Gasteiger partial charge in [-0.15, -0.1) is 0 Å². The average Bonchev–Trinajstić information content (AvgIpc) is 2.47. The fraction of sp³-hybridized carbons (Fsp3) is 0.647. The second kappa shape index (κ2) is 6.93. The van der Waals surface area contributed by atoms with Gasteiger partial charge in [0.05, 0.1) is 11.0 Å². The van der Waals surface area contributed by atoms with E-state index in [2.05, 4.69) is 24.3 Å². The summed E-state index contributed by atoms with van der Waals surface area (Å²) in [5.74, 6) is 1.11. The Balaban J connectivity index is 1.99. The monoisotopic (exact) mass is 309 g/mol. The van der Waals surface area contributed by atoms with Gasteiger partial charge in [0.2, 0.25) is 0 Å². The standard InChI is InChI=1S/C17H27NO2S/c1-13(2)21(19,20)11-10-16-12-15(8-9-17(16)18)14-6-4-3-5-7-14/h3-7,13,15-17H,8-12,18H2,1-2H3. The van der Waals surface area contributed by atoms with E-state index in [0.29, 0.717) is 18.3 Å². The number of nitrogens with two attached hydrogens (primary N) is 1. The maximum absolute atomic E-state index is 12.0. The Bertz CT molecular complexity index is 539. The van der Waals surface area contributed by atoms with E-state index in [1.807, 2.05) is 6.07 Å². The second-order valence-corrected chi connectivity index (χ2v) is 9.23. The molecule has 118 valence electrons. The van der Waals surface area contributed by atoms with Gasteiger partial charge in [-0.05, 0) is 56.9 Å². The quantitative estimate of drug-likeness (QED) is 0.909. The SMILES string of the molecule is CC(C)S(=O)(=O)CCC1CC(c2ccccc2)CCC1N. The third kappa shape index (κ3) is 4.30. The van der Waals surface area contributed by atoms with Gasteiger partial charge in [-0.1, -0.05) is 30.3 Å². The molecule has 1 saturated carbocycles. The second-order valence-electron chi connectivity index (χ2n) is 6.55. The summed E-state index contributed by atoms with van der Waals surface area (Å²) in [6.45, 7) is 3.51. The van der Waals surface area contributed by atoms with Gasteiger partial charge in [0, 0.05) is 6.04 Å². The van der Waals surface area contributed by atoms with Crippen LogP contribution in [0.15, 0.2) is 30.3 Å². The van der Waals surface area contributed by atoms with Crippen LogP contribution in [0.2, 0.25) is 0 Å². The van der Waals surface area contributed by atoms with Gasteiger partial charge >= 0.3 is 0 Å². The first-order valence-corrected chi connectivity index (χ1v) is 9.64. The van der Waals surface area contributed by atoms with Crippen LogP contribution in [0.5, 0.6) is 0 Å². The van der Waals surface area contributed by atoms with Crippen LogP contribution in [-0.4, -0.2) is 25.5 Å². The van der Waals surface area contributed by atoms with E-state index in [-0.39, 0.29) is 17.0 Å². The van der Waals surface area contributed by atoms with Crippen molar-refractivity contribution in [3.63, 3.8) is 0 Å². The van der Waals surface area contributed by atoms with Crippen molar-refractivity contribution in [1.82, 2.24) is 0 Å². The molecule has 2 N–H and O–H groups in total. The summed E-state index contributed by atoms with van der Waals surface area (Å²) in [6, 6.07) is 10.7. The predicted molar refractivity (Wildman–Crippen MR) is 88.0 cm³/mol. The van der Waals surface area contributed by atoms with Crippen LogP contribution in [0.3, 0.4) is 0 Å². The van der Waals surface area contributed by atoms with Crippen LogP contribution >= 0.6 is 0 Å². The van der Waals surface area contributed by atoms with E-state index >= 15 is 0 Å². The molecular formula is C17H27NO2S. The van der Waals surface area contributed by atoms with Crippen LogP contribution in [-0.2, 0) is 9.84 Å². The Labute approximate surface area is 128 Å². The van der Waals surface area contributed by atoms with Gasteiger partial charge in [0.15, 0.2) is 9.84 Å². The van der Waals surface area contributed by atoms with E-state index in [0.717, 1.165) is 19.3 Å². The predicted octanol–water partition coefficient (Wildman–Crippen LogP) is 3.11. The first kappa shape index (κ1) is 16.5. The minimum Gasteiger partial charge on any atom is -0.327 e. The average molecular weight is 309 g/mol. The molecule has 21 heavy (non-hydrogen) atoms. The Morgan fingerprint density at radius 1 is 1.19 bits per heavy atom. The summed E-state index contributed by atoms with van der Waals surface area (Å²) in [4.78, 5) is 0. The van der Waals surface area contributed by atoms with E-state index in [4.69, 9.17) is 5.73 Å². The summed E-state index contributed by atoms with van der Waals surface area (Å²) in [5.41, 5.74) is 7.59. The van der Waals surface area contributed by atoms with Crippen molar-refractivity contribution in [1.29, 1.82) is 0 Å². The highest BCUT2D eigenvalue weighted by Gasteiger charge is 2.30. The lowest BCUT2D eigenvalue weighted by Crippen LogP contribution is -2.37. The Morgan fingerprint density at radius 2 is 1.86 bits per heavy atom. The fourth-order valence-electron chi connectivity index (χ4n) is 3.20. The Morgan fingerprint density at radius 3 is 2.48 bits per heavy atom. The zero-order chi connectivity index (χ0) is 15.5. The van der Waals surface area contributed by atoms with Crippen molar-refractivity contribution >= 4 is 9.84 Å². The minimum absolute atomic E-state index is 0.146. The van der Waals surface area contributed by atoms with Gasteiger partial charge in [0.1, 0.15) is 0 Å². The van der Waals surface area contributed by atoms with E-state index in [1.54, 1.807) is 13.8 Å². The third-order valence-corrected chi connectivity index (χ3v) is 7.04. The maximum Gasteiger partial charge on any atom is 0.152 e. The summed E-state index contributed by atoms with van der Waals surface area (Å²) < 4.78 is 24.0. The molecule has 0 radical (unpaired) electrons. The van der Waals surface area contributed by atoms with Crippen LogP contribution in [0.25, 0.3) is 0 Å². The normalized spacial score (nSPS) is 27.0. The molecule has 1 aliphatic rings. The van der Waals surface area contributed by atoms with Crippen molar-refractivity contribution in [3.05, 3.63) is 35.9 Å². The molecule has 0 spiro atoms. The molecule has 4 heteroatoms. The summed E-state index contributed by atoms with van der Waals surface area (Å²) in [7, 11) is -2.96. The number of hydrogen-bond acceptors (Lipinski definition) is 3. The summed E-state index contributed by atoms with van der Waals surface area (Å²) >= 11 is 0. The van der Waals surface area contributed by atoms with Crippen molar-refractivity contribution in [2.24, 2.45) is 11.7 Å². The molecule has 1 aromatic carbocycles. The first-order chi connectivity index (χ1) is 9.90. The minimum atomic E-state index is -2.96. The highest BCUT2D eigenvalue weighted by Crippen LogP contribution is 2.37. The molecule has 1 aromatic rings. The molecule has 1 aliphatic carbocycles. The summed E-state index contributed by atoms with van der Waals surface area (Å²) in [5, 5.41) is -0.290. The smallest absolute Gasteiger partial charge is 0.152 e. The molecule has 3 atom stereocenters. The zero-order valence-electron chi connectivity index (χ0n) is 13.0. The molecule has 0 bridgehead atoms. The zero-order valence-corrected chi connectivity index (χ0v) is 13.9. The van der Waals surface area contributed by atoms with Gasteiger partial charge < -0.3 is 5.73 Å². The molecule has 0 amide bonds. The number of benzene rings is 1. The lowest BCUT2D eigenvalue weighted by atomic mass is 9.74. The molecule has 0 aromatic heterocycles. The van der Waals surface area contributed by atoms with Gasteiger partial charge in [-0.25, -0.2) is 8.42 Å². The van der Waals surface area contributed by atoms with Crippen molar-refractivity contribution < 1.29 is 8.42 Å². The fourth-order valence-corrected chi connectivity index (χ4v) is 4.30. The number of sulfone groups is 1. The lowest BCUT2D eigenvalue weighted by molar-refractivity contribution is 0.272. The van der Waals surface area contributed by atoms with Gasteiger partial charge in [0.25, 0.3) is 0 Å². The van der Waals surface area contributed by atoms with E-state index < -0.39 is 9.84 Å². The maximum atomic E-state index is 12.0. The summed E-state index contributed by atoms with van der Waals surface area (Å²) in [6.07, 6.45) is 3.81. The molecule has 0 heterocycles. The van der Waals surface area contributed by atoms with Gasteiger partial charge in [-0.3, -0.25) is 0 Å². The van der Waals surface area contributed by atoms with Crippen molar-refractivity contribution in [3.8, 4) is 0 Å². The largest absolute Gasteiger partial charge is 0.327 e. The van der Waals surface area contributed by atoms with Crippen molar-refractivity contribution in [2.45, 2.75) is 56.7 Å². The molecule has 3 unspecified atom stereocenters. The molecule has 0 saturated heterocycles. The number of rotatable bonds is 5. The van der Waals surface area contributed by atoms with Crippen LogP contribution in [0, 0.1) is 5.92 Å². The molecular weight excluding hydrogens is 282 g/mol. The molecule has 0 aliphatic heterocycles. The molecule has 1 fully saturated rings. The van der Waals surface area contributed by atoms with Gasteiger partial charge in [-0.2, -0.15) is 0 Å². The first-order valence-electron chi connectivity index (χ1n) is 7.92. The van der Waals surface area contributed by atoms with E-state index in [9.17, 15) is 8.42 Å². The molecule has 2 rings (SSSR count).